The molecule has 0 saturated heterocycles. The highest BCUT2D eigenvalue weighted by molar-refractivity contribution is 7.11. The second-order valence-electron chi connectivity index (χ2n) is 4.92. The van der Waals surface area contributed by atoms with Gasteiger partial charge in [0, 0.05) is 17.3 Å². The number of imidazole rings is 1. The molecule has 1 atom stereocenters. The topological polar surface area (TPSA) is 55.6 Å². The third-order valence-electron chi connectivity index (χ3n) is 3.25. The van der Waals surface area contributed by atoms with E-state index in [0.717, 1.165) is 22.2 Å². The molecule has 108 valence electrons. The van der Waals surface area contributed by atoms with Gasteiger partial charge in [-0.2, -0.15) is 0 Å². The van der Waals surface area contributed by atoms with Crippen molar-refractivity contribution in [2.24, 2.45) is 0 Å². The molecular formula is C15H17N5S. The lowest BCUT2D eigenvalue weighted by molar-refractivity contribution is 0.835. The van der Waals surface area contributed by atoms with Crippen LogP contribution in [0.4, 0.5) is 5.69 Å². The van der Waals surface area contributed by atoms with Crippen LogP contribution >= 0.6 is 11.3 Å². The first-order valence-corrected chi connectivity index (χ1v) is 7.60. The Bertz CT molecular complexity index is 715. The lowest BCUT2D eigenvalue weighted by Gasteiger charge is -2.14. The SMILES string of the molecule is Cc1nc(C(C)Nc2ccc(-n3ccnc3)nc2)c(C)s1. The summed E-state index contributed by atoms with van der Waals surface area (Å²) in [5, 5.41) is 4.54. The van der Waals surface area contributed by atoms with Gasteiger partial charge in [-0.1, -0.05) is 0 Å². The van der Waals surface area contributed by atoms with Crippen LogP contribution in [0.25, 0.3) is 5.82 Å². The molecule has 1 N–H and O–H groups in total. The number of aromatic nitrogens is 4. The fraction of sp³-hybridized carbons (Fsp3) is 0.267. The van der Waals surface area contributed by atoms with Gasteiger partial charge in [-0.05, 0) is 32.9 Å². The minimum Gasteiger partial charge on any atom is -0.376 e. The number of nitrogens with zero attached hydrogens (tertiary/aromatic N) is 4. The van der Waals surface area contributed by atoms with Gasteiger partial charge in [0.05, 0.1) is 28.6 Å². The van der Waals surface area contributed by atoms with Crippen molar-refractivity contribution >= 4 is 17.0 Å². The summed E-state index contributed by atoms with van der Waals surface area (Å²) < 4.78 is 1.88. The molecule has 0 aliphatic heterocycles. The molecule has 3 aromatic heterocycles. The van der Waals surface area contributed by atoms with Crippen LogP contribution in [0.15, 0.2) is 37.1 Å². The Morgan fingerprint density at radius 3 is 2.71 bits per heavy atom. The average molecular weight is 299 g/mol. The van der Waals surface area contributed by atoms with Crippen molar-refractivity contribution in [1.29, 1.82) is 0 Å². The van der Waals surface area contributed by atoms with Gasteiger partial charge < -0.3 is 5.32 Å². The van der Waals surface area contributed by atoms with Gasteiger partial charge in [0.2, 0.25) is 0 Å². The van der Waals surface area contributed by atoms with Crippen LogP contribution in [-0.2, 0) is 0 Å². The van der Waals surface area contributed by atoms with Gasteiger partial charge in [0.1, 0.15) is 12.1 Å². The number of hydrogen-bond acceptors (Lipinski definition) is 5. The summed E-state index contributed by atoms with van der Waals surface area (Å²) >= 11 is 1.73. The molecule has 6 heteroatoms. The zero-order valence-electron chi connectivity index (χ0n) is 12.2. The Kier molecular flexibility index (Phi) is 3.70. The Morgan fingerprint density at radius 1 is 1.29 bits per heavy atom. The van der Waals surface area contributed by atoms with Crippen molar-refractivity contribution < 1.29 is 0 Å². The highest BCUT2D eigenvalue weighted by Gasteiger charge is 2.13. The second kappa shape index (κ2) is 5.65. The number of thiazole rings is 1. The molecule has 0 radical (unpaired) electrons. The predicted octanol–water partition coefficient (Wildman–Crippen LogP) is 3.51. The number of hydrogen-bond donors (Lipinski definition) is 1. The fourth-order valence-corrected chi connectivity index (χ4v) is 3.20. The monoisotopic (exact) mass is 299 g/mol. The van der Waals surface area contributed by atoms with Crippen LogP contribution in [-0.4, -0.2) is 19.5 Å². The first-order valence-electron chi connectivity index (χ1n) is 6.78. The molecule has 3 aromatic rings. The van der Waals surface area contributed by atoms with Crippen LogP contribution in [0.1, 0.15) is 28.5 Å². The van der Waals surface area contributed by atoms with E-state index in [1.54, 1.807) is 23.9 Å². The molecule has 1 unspecified atom stereocenters. The van der Waals surface area contributed by atoms with Crippen LogP contribution in [0.2, 0.25) is 0 Å². The van der Waals surface area contributed by atoms with E-state index < -0.39 is 0 Å². The third-order valence-corrected chi connectivity index (χ3v) is 4.15. The smallest absolute Gasteiger partial charge is 0.137 e. The van der Waals surface area contributed by atoms with E-state index in [-0.39, 0.29) is 6.04 Å². The van der Waals surface area contributed by atoms with Crippen molar-refractivity contribution in [3.63, 3.8) is 0 Å². The van der Waals surface area contributed by atoms with E-state index in [9.17, 15) is 0 Å². The van der Waals surface area contributed by atoms with Gasteiger partial charge in [-0.3, -0.25) is 4.57 Å². The van der Waals surface area contributed by atoms with Crippen molar-refractivity contribution in [2.45, 2.75) is 26.8 Å². The Labute approximate surface area is 127 Å². The lowest BCUT2D eigenvalue weighted by atomic mass is 10.2. The van der Waals surface area contributed by atoms with E-state index in [1.165, 1.54) is 4.88 Å². The third kappa shape index (κ3) is 2.95. The maximum absolute atomic E-state index is 4.59. The standard InChI is InChI=1S/C15H17N5S/c1-10(15-11(2)21-12(3)19-15)18-13-4-5-14(17-8-13)20-7-6-16-9-20/h4-10,18H,1-3H3. The van der Waals surface area contributed by atoms with Gasteiger partial charge in [0.25, 0.3) is 0 Å². The van der Waals surface area contributed by atoms with Gasteiger partial charge in [0.15, 0.2) is 0 Å². The lowest BCUT2D eigenvalue weighted by Crippen LogP contribution is -2.08. The maximum atomic E-state index is 4.59. The molecule has 0 fully saturated rings. The van der Waals surface area contributed by atoms with Crippen molar-refractivity contribution in [2.75, 3.05) is 5.32 Å². The molecule has 0 saturated carbocycles. The normalized spacial score (nSPS) is 12.3. The molecule has 0 aliphatic carbocycles. The van der Waals surface area contributed by atoms with E-state index >= 15 is 0 Å². The zero-order valence-corrected chi connectivity index (χ0v) is 13.1. The molecule has 0 spiro atoms. The van der Waals surface area contributed by atoms with Crippen LogP contribution in [0.5, 0.6) is 0 Å². The summed E-state index contributed by atoms with van der Waals surface area (Å²) in [7, 11) is 0. The number of nitrogens with one attached hydrogen (secondary N) is 1. The van der Waals surface area contributed by atoms with Crippen LogP contribution in [0, 0.1) is 13.8 Å². The van der Waals surface area contributed by atoms with E-state index in [2.05, 4.69) is 34.1 Å². The second-order valence-corrected chi connectivity index (χ2v) is 6.32. The highest BCUT2D eigenvalue weighted by Crippen LogP contribution is 2.25. The summed E-state index contributed by atoms with van der Waals surface area (Å²) in [4.78, 5) is 14.3. The van der Waals surface area contributed by atoms with Crippen molar-refractivity contribution in [1.82, 2.24) is 19.5 Å². The van der Waals surface area contributed by atoms with Gasteiger partial charge in [-0.15, -0.1) is 11.3 Å². The number of rotatable bonds is 4. The molecule has 0 bridgehead atoms. The minimum absolute atomic E-state index is 0.163. The van der Waals surface area contributed by atoms with E-state index in [4.69, 9.17) is 0 Å². The molecule has 0 aliphatic rings. The summed E-state index contributed by atoms with van der Waals surface area (Å²) in [5.41, 5.74) is 2.09. The number of aryl methyl sites for hydroxylation is 2. The van der Waals surface area contributed by atoms with Gasteiger partial charge >= 0.3 is 0 Å². The number of anilines is 1. The molecule has 21 heavy (non-hydrogen) atoms. The molecular weight excluding hydrogens is 282 g/mol. The largest absolute Gasteiger partial charge is 0.376 e. The van der Waals surface area contributed by atoms with Crippen LogP contribution in [0.3, 0.4) is 0 Å². The summed E-state index contributed by atoms with van der Waals surface area (Å²) in [6.45, 7) is 6.26. The van der Waals surface area contributed by atoms with Crippen molar-refractivity contribution in [3.05, 3.63) is 52.6 Å². The summed E-state index contributed by atoms with van der Waals surface area (Å²) in [5.74, 6) is 0.853. The quantitative estimate of drug-likeness (QED) is 0.801. The summed E-state index contributed by atoms with van der Waals surface area (Å²) in [6.07, 6.45) is 7.18. The first kappa shape index (κ1) is 13.8. The average Bonchev–Trinajstić information content (AvgIpc) is 3.09. The Hall–Kier alpha value is -2.21. The van der Waals surface area contributed by atoms with E-state index in [0.29, 0.717) is 0 Å². The zero-order chi connectivity index (χ0) is 14.8. The summed E-state index contributed by atoms with van der Waals surface area (Å²) in [6, 6.07) is 4.15. The highest BCUT2D eigenvalue weighted by atomic mass is 32.1. The van der Waals surface area contributed by atoms with E-state index in [1.807, 2.05) is 36.0 Å². The van der Waals surface area contributed by atoms with Crippen LogP contribution < -0.4 is 5.32 Å². The predicted molar refractivity (Wildman–Crippen MR) is 85.0 cm³/mol. The minimum atomic E-state index is 0.163. The first-order chi connectivity index (χ1) is 10.1. The van der Waals surface area contributed by atoms with Crippen molar-refractivity contribution in [3.8, 4) is 5.82 Å². The maximum Gasteiger partial charge on any atom is 0.137 e. The molecule has 0 amide bonds. The Morgan fingerprint density at radius 2 is 2.14 bits per heavy atom. The molecule has 3 heterocycles. The molecule has 5 nitrogen and oxygen atoms in total. The molecule has 3 rings (SSSR count). The number of pyridine rings is 1. The Balaban J connectivity index is 1.74. The molecule has 0 aromatic carbocycles. The fourth-order valence-electron chi connectivity index (χ4n) is 2.28. The van der Waals surface area contributed by atoms with Gasteiger partial charge in [-0.25, -0.2) is 15.0 Å².